The Morgan fingerprint density at radius 3 is 2.40 bits per heavy atom. The summed E-state index contributed by atoms with van der Waals surface area (Å²) in [6, 6.07) is 20.2. The second kappa shape index (κ2) is 13.4. The van der Waals surface area contributed by atoms with Crippen molar-refractivity contribution in [2.24, 2.45) is 0 Å². The molecule has 0 radical (unpaired) electrons. The van der Waals surface area contributed by atoms with E-state index in [-0.39, 0.29) is 11.7 Å². The number of nitrogens with zero attached hydrogens (tertiary/aromatic N) is 5. The van der Waals surface area contributed by atoms with Gasteiger partial charge in [0.1, 0.15) is 11.6 Å². The SMILES string of the molecule is COCc1cc(N2CCN(c3ccccc3F)CC2)nc(SCc2ccc(C(=O)NCc3ccncc3)cc2)n1. The predicted octanol–water partition coefficient (Wildman–Crippen LogP) is 4.71. The maximum atomic E-state index is 14.3. The fraction of sp³-hybridized carbons (Fsp3) is 0.267. The number of amides is 1. The van der Waals surface area contributed by atoms with E-state index in [1.54, 1.807) is 37.3 Å². The van der Waals surface area contributed by atoms with Gasteiger partial charge in [-0.3, -0.25) is 9.78 Å². The summed E-state index contributed by atoms with van der Waals surface area (Å²) in [5.41, 5.74) is 4.12. The molecule has 0 spiro atoms. The third-order valence-electron chi connectivity index (χ3n) is 6.62. The molecule has 0 saturated carbocycles. The summed E-state index contributed by atoms with van der Waals surface area (Å²) in [6.45, 7) is 3.71. The molecular weight excluding hydrogens is 527 g/mol. The minimum atomic E-state index is -0.197. The molecule has 1 saturated heterocycles. The summed E-state index contributed by atoms with van der Waals surface area (Å²) >= 11 is 1.54. The van der Waals surface area contributed by atoms with Gasteiger partial charge >= 0.3 is 0 Å². The fourth-order valence-electron chi connectivity index (χ4n) is 4.48. The number of nitrogens with one attached hydrogen (secondary N) is 1. The zero-order valence-electron chi connectivity index (χ0n) is 22.3. The van der Waals surface area contributed by atoms with E-state index in [2.05, 4.69) is 25.1 Å². The van der Waals surface area contributed by atoms with Crippen molar-refractivity contribution in [1.82, 2.24) is 20.3 Å². The average Bonchev–Trinajstić information content (AvgIpc) is 3.00. The van der Waals surface area contributed by atoms with E-state index in [4.69, 9.17) is 9.72 Å². The maximum absolute atomic E-state index is 14.3. The molecule has 1 aliphatic rings. The zero-order valence-corrected chi connectivity index (χ0v) is 23.1. The number of para-hydroxylation sites is 1. The number of rotatable bonds is 10. The Morgan fingerprint density at radius 1 is 0.950 bits per heavy atom. The number of hydrogen-bond acceptors (Lipinski definition) is 8. The quantitative estimate of drug-likeness (QED) is 0.222. The normalized spacial score (nSPS) is 13.3. The van der Waals surface area contributed by atoms with Gasteiger partial charge in [0.15, 0.2) is 5.16 Å². The summed E-state index contributed by atoms with van der Waals surface area (Å²) < 4.78 is 19.6. The highest BCUT2D eigenvalue weighted by molar-refractivity contribution is 7.98. The first kappa shape index (κ1) is 27.5. The topological polar surface area (TPSA) is 83.5 Å². The molecule has 206 valence electrons. The monoisotopic (exact) mass is 558 g/mol. The van der Waals surface area contributed by atoms with E-state index in [1.165, 1.54) is 6.07 Å². The summed E-state index contributed by atoms with van der Waals surface area (Å²) in [4.78, 5) is 30.3. The van der Waals surface area contributed by atoms with E-state index in [9.17, 15) is 9.18 Å². The number of pyridine rings is 1. The third kappa shape index (κ3) is 7.13. The van der Waals surface area contributed by atoms with Gasteiger partial charge in [0.25, 0.3) is 5.91 Å². The van der Waals surface area contributed by atoms with Crippen molar-refractivity contribution >= 4 is 29.2 Å². The minimum Gasteiger partial charge on any atom is -0.378 e. The van der Waals surface area contributed by atoms with Crippen LogP contribution in [0, 0.1) is 5.82 Å². The lowest BCUT2D eigenvalue weighted by Crippen LogP contribution is -2.47. The summed E-state index contributed by atoms with van der Waals surface area (Å²) in [6.07, 6.45) is 3.42. The number of benzene rings is 2. The third-order valence-corrected chi connectivity index (χ3v) is 7.54. The Kier molecular flexibility index (Phi) is 9.20. The molecule has 0 aliphatic carbocycles. The summed E-state index contributed by atoms with van der Waals surface area (Å²) in [5.74, 6) is 1.19. The molecule has 2 aromatic heterocycles. The second-order valence-corrected chi connectivity index (χ2v) is 10.3. The van der Waals surface area contributed by atoms with E-state index < -0.39 is 0 Å². The summed E-state index contributed by atoms with van der Waals surface area (Å²) in [5, 5.41) is 3.60. The molecule has 40 heavy (non-hydrogen) atoms. The number of piperazine rings is 1. The van der Waals surface area contributed by atoms with Gasteiger partial charge in [-0.15, -0.1) is 0 Å². The Bertz CT molecular complexity index is 1420. The predicted molar refractivity (Wildman–Crippen MR) is 155 cm³/mol. The van der Waals surface area contributed by atoms with Gasteiger partial charge in [-0.2, -0.15) is 0 Å². The van der Waals surface area contributed by atoms with Crippen LogP contribution < -0.4 is 15.1 Å². The van der Waals surface area contributed by atoms with Crippen LogP contribution in [0.2, 0.25) is 0 Å². The molecule has 4 aromatic rings. The van der Waals surface area contributed by atoms with Crippen molar-refractivity contribution in [1.29, 1.82) is 0 Å². The highest BCUT2D eigenvalue weighted by Crippen LogP contribution is 2.26. The molecule has 0 bridgehead atoms. The molecule has 1 amide bonds. The van der Waals surface area contributed by atoms with Crippen molar-refractivity contribution in [2.75, 3.05) is 43.1 Å². The van der Waals surface area contributed by atoms with Gasteiger partial charge in [-0.1, -0.05) is 36.0 Å². The van der Waals surface area contributed by atoms with Crippen LogP contribution in [-0.4, -0.2) is 54.1 Å². The molecule has 2 aromatic carbocycles. The van der Waals surface area contributed by atoms with Gasteiger partial charge in [-0.25, -0.2) is 14.4 Å². The van der Waals surface area contributed by atoms with Crippen LogP contribution in [0.3, 0.4) is 0 Å². The van der Waals surface area contributed by atoms with Gasteiger partial charge in [0.05, 0.1) is 18.0 Å². The minimum absolute atomic E-state index is 0.119. The molecule has 8 nitrogen and oxygen atoms in total. The fourth-order valence-corrected chi connectivity index (χ4v) is 5.31. The molecule has 0 atom stereocenters. The number of carbonyl (C=O) groups excluding carboxylic acids is 1. The van der Waals surface area contributed by atoms with Crippen LogP contribution in [0.25, 0.3) is 0 Å². The lowest BCUT2D eigenvalue weighted by Gasteiger charge is -2.37. The van der Waals surface area contributed by atoms with Crippen molar-refractivity contribution in [3.8, 4) is 0 Å². The molecular formula is C30H31FN6O2S. The number of methoxy groups -OCH3 is 1. The van der Waals surface area contributed by atoms with E-state index in [0.717, 1.165) is 35.7 Å². The smallest absolute Gasteiger partial charge is 0.251 e. The number of hydrogen-bond donors (Lipinski definition) is 1. The molecule has 3 heterocycles. The first-order chi connectivity index (χ1) is 19.6. The van der Waals surface area contributed by atoms with Crippen LogP contribution in [0.4, 0.5) is 15.9 Å². The van der Waals surface area contributed by atoms with Crippen molar-refractivity contribution in [2.45, 2.75) is 24.1 Å². The first-order valence-corrected chi connectivity index (χ1v) is 14.1. The standard InChI is InChI=1S/C30H31FN6O2S/c1-39-20-25-18-28(37-16-14-36(15-17-37)27-5-3-2-4-26(27)31)35-30(34-25)40-21-23-6-8-24(9-7-23)29(38)33-19-22-10-12-32-13-11-22/h2-13,18H,14-17,19-21H2,1H3,(H,33,38). The molecule has 0 unspecified atom stereocenters. The lowest BCUT2D eigenvalue weighted by atomic mass is 10.1. The maximum Gasteiger partial charge on any atom is 0.251 e. The highest BCUT2D eigenvalue weighted by Gasteiger charge is 2.21. The molecule has 1 fully saturated rings. The number of ether oxygens (including phenoxy) is 1. The zero-order chi connectivity index (χ0) is 27.7. The van der Waals surface area contributed by atoms with Gasteiger partial charge in [0, 0.05) is 69.6 Å². The Morgan fingerprint density at radius 2 is 1.68 bits per heavy atom. The number of carbonyl (C=O) groups is 1. The Labute approximate surface area is 237 Å². The largest absolute Gasteiger partial charge is 0.378 e. The number of halogens is 1. The van der Waals surface area contributed by atoms with Gasteiger partial charge in [-0.05, 0) is 47.5 Å². The number of anilines is 2. The van der Waals surface area contributed by atoms with E-state index >= 15 is 0 Å². The Hall–Kier alpha value is -4.02. The molecule has 1 N–H and O–H groups in total. The van der Waals surface area contributed by atoms with Gasteiger partial charge < -0.3 is 19.9 Å². The van der Waals surface area contributed by atoms with Crippen molar-refractivity contribution in [3.63, 3.8) is 0 Å². The number of aromatic nitrogens is 3. The lowest BCUT2D eigenvalue weighted by molar-refractivity contribution is 0.0951. The van der Waals surface area contributed by atoms with E-state index in [0.29, 0.717) is 48.4 Å². The second-order valence-electron chi connectivity index (χ2n) is 9.38. The van der Waals surface area contributed by atoms with E-state index in [1.807, 2.05) is 54.6 Å². The summed E-state index contributed by atoms with van der Waals surface area (Å²) in [7, 11) is 1.65. The van der Waals surface area contributed by atoms with Crippen LogP contribution in [0.15, 0.2) is 84.3 Å². The van der Waals surface area contributed by atoms with Crippen LogP contribution >= 0.6 is 11.8 Å². The number of thioether (sulfide) groups is 1. The van der Waals surface area contributed by atoms with Crippen molar-refractivity contribution in [3.05, 3.63) is 107 Å². The average molecular weight is 559 g/mol. The molecule has 1 aliphatic heterocycles. The van der Waals surface area contributed by atoms with Crippen LogP contribution in [0.5, 0.6) is 0 Å². The first-order valence-electron chi connectivity index (χ1n) is 13.1. The van der Waals surface area contributed by atoms with Crippen molar-refractivity contribution < 1.29 is 13.9 Å². The Balaban J connectivity index is 1.19. The van der Waals surface area contributed by atoms with Gasteiger partial charge in [0.2, 0.25) is 0 Å². The van der Waals surface area contributed by atoms with Crippen LogP contribution in [-0.2, 0) is 23.6 Å². The van der Waals surface area contributed by atoms with Crippen LogP contribution in [0.1, 0.15) is 27.2 Å². The molecule has 5 rings (SSSR count). The highest BCUT2D eigenvalue weighted by atomic mass is 32.2. The molecule has 10 heteroatoms.